The number of hydrogen-bond acceptors (Lipinski definition) is 0. The van der Waals surface area contributed by atoms with Gasteiger partial charge in [-0.3, -0.25) is 0 Å². The second-order valence-electron chi connectivity index (χ2n) is 9.27. The van der Waals surface area contributed by atoms with Crippen LogP contribution in [0.25, 0.3) is 60.3 Å². The van der Waals surface area contributed by atoms with Crippen molar-refractivity contribution in [1.82, 2.24) is 4.40 Å². The number of fused-ring (bicyclic) bond motifs is 13. The standard InChI is InChI=1S/C31H17N/c1-2-9-19-17(7-1)20-10-5-13-24-27(20)28(19)25-16-15-23-22-12-6-11-21-18-8-3-4-14-26(18)32(30(21)22)31(23)29(24)25/h1-16,28H. The zero-order chi connectivity index (χ0) is 20.6. The molecule has 0 spiro atoms. The molecule has 0 aliphatic heterocycles. The lowest BCUT2D eigenvalue weighted by Crippen LogP contribution is -1.95. The molecule has 0 amide bonds. The number of para-hydroxylation sites is 2. The monoisotopic (exact) mass is 403 g/mol. The van der Waals surface area contributed by atoms with Gasteiger partial charge >= 0.3 is 0 Å². The molecule has 2 aliphatic carbocycles. The van der Waals surface area contributed by atoms with Crippen LogP contribution in [0, 0.1) is 0 Å². The average molecular weight is 403 g/mol. The van der Waals surface area contributed by atoms with Crippen LogP contribution in [-0.2, 0) is 0 Å². The van der Waals surface area contributed by atoms with Gasteiger partial charge in [-0.25, -0.2) is 0 Å². The quantitative estimate of drug-likeness (QED) is 0.242. The molecule has 146 valence electrons. The second kappa shape index (κ2) is 5.03. The van der Waals surface area contributed by atoms with E-state index in [0.717, 1.165) is 0 Å². The summed E-state index contributed by atoms with van der Waals surface area (Å²) in [6.45, 7) is 0. The lowest BCUT2D eigenvalue weighted by molar-refractivity contribution is 1.06. The number of hydrogen-bond donors (Lipinski definition) is 0. The van der Waals surface area contributed by atoms with E-state index >= 15 is 0 Å². The van der Waals surface area contributed by atoms with Crippen molar-refractivity contribution < 1.29 is 0 Å². The molecule has 32 heavy (non-hydrogen) atoms. The minimum absolute atomic E-state index is 0.346. The summed E-state index contributed by atoms with van der Waals surface area (Å²) in [6.07, 6.45) is 0. The molecule has 9 rings (SSSR count). The van der Waals surface area contributed by atoms with Crippen molar-refractivity contribution in [3.8, 4) is 22.3 Å². The molecule has 2 aliphatic rings. The van der Waals surface area contributed by atoms with Gasteiger partial charge in [-0.1, -0.05) is 91.0 Å². The van der Waals surface area contributed by atoms with E-state index in [0.29, 0.717) is 5.92 Å². The molecule has 0 bridgehead atoms. The highest BCUT2D eigenvalue weighted by Crippen LogP contribution is 2.59. The predicted molar refractivity (Wildman–Crippen MR) is 133 cm³/mol. The van der Waals surface area contributed by atoms with Crippen molar-refractivity contribution in [2.45, 2.75) is 5.92 Å². The van der Waals surface area contributed by atoms with Gasteiger partial charge in [0.15, 0.2) is 0 Å². The van der Waals surface area contributed by atoms with Gasteiger partial charge in [0.25, 0.3) is 0 Å². The first kappa shape index (κ1) is 15.7. The minimum Gasteiger partial charge on any atom is -0.307 e. The minimum atomic E-state index is 0.346. The molecule has 1 heteroatoms. The van der Waals surface area contributed by atoms with Crippen LogP contribution in [0.5, 0.6) is 0 Å². The number of benzene rings is 5. The molecular formula is C31H17N. The molecule has 5 aromatic carbocycles. The Balaban J connectivity index is 1.56. The molecule has 0 radical (unpaired) electrons. The third-order valence-electron chi connectivity index (χ3n) is 7.96. The lowest BCUT2D eigenvalue weighted by Gasteiger charge is -2.12. The van der Waals surface area contributed by atoms with Crippen molar-refractivity contribution in [1.29, 1.82) is 0 Å². The Labute approximate surface area is 184 Å². The first-order chi connectivity index (χ1) is 15.9. The van der Waals surface area contributed by atoms with Gasteiger partial charge < -0.3 is 4.40 Å². The zero-order valence-electron chi connectivity index (χ0n) is 17.3. The lowest BCUT2D eigenvalue weighted by atomic mass is 9.92. The van der Waals surface area contributed by atoms with E-state index in [9.17, 15) is 0 Å². The largest absolute Gasteiger partial charge is 0.307 e. The summed E-state index contributed by atoms with van der Waals surface area (Å²) in [4.78, 5) is 0. The second-order valence-corrected chi connectivity index (χ2v) is 9.27. The fraction of sp³-hybridized carbons (Fsp3) is 0.0323. The topological polar surface area (TPSA) is 4.41 Å². The predicted octanol–water partition coefficient (Wildman–Crippen LogP) is 7.98. The zero-order valence-corrected chi connectivity index (χ0v) is 17.3. The normalized spacial score (nSPS) is 15.8. The van der Waals surface area contributed by atoms with Crippen LogP contribution in [0.4, 0.5) is 0 Å². The molecule has 1 unspecified atom stereocenters. The summed E-state index contributed by atoms with van der Waals surface area (Å²) in [7, 11) is 0. The number of aromatic nitrogens is 1. The van der Waals surface area contributed by atoms with E-state index in [1.54, 1.807) is 0 Å². The van der Waals surface area contributed by atoms with Gasteiger partial charge in [0.1, 0.15) is 0 Å². The Kier molecular flexibility index (Phi) is 2.46. The van der Waals surface area contributed by atoms with Crippen molar-refractivity contribution in [3.63, 3.8) is 0 Å². The molecule has 7 aromatic rings. The van der Waals surface area contributed by atoms with Gasteiger partial charge in [0, 0.05) is 33.0 Å². The highest BCUT2D eigenvalue weighted by molar-refractivity contribution is 6.25. The summed E-state index contributed by atoms with van der Waals surface area (Å²) in [5.74, 6) is 0.346. The maximum absolute atomic E-state index is 2.54. The Hall–Kier alpha value is -4.10. The van der Waals surface area contributed by atoms with Crippen LogP contribution >= 0.6 is 0 Å². The molecule has 2 aromatic heterocycles. The van der Waals surface area contributed by atoms with E-state index in [1.165, 1.54) is 77.0 Å². The van der Waals surface area contributed by atoms with Gasteiger partial charge in [0.2, 0.25) is 0 Å². The highest BCUT2D eigenvalue weighted by atomic mass is 14.9. The first-order valence-electron chi connectivity index (χ1n) is 11.3. The molecule has 1 atom stereocenters. The van der Waals surface area contributed by atoms with Gasteiger partial charge in [-0.05, 0) is 39.4 Å². The molecule has 0 saturated heterocycles. The highest BCUT2D eigenvalue weighted by Gasteiger charge is 2.40. The Bertz CT molecular complexity index is 1930. The van der Waals surface area contributed by atoms with E-state index in [2.05, 4.69) is 101 Å². The van der Waals surface area contributed by atoms with Crippen molar-refractivity contribution >= 4 is 38.1 Å². The molecule has 0 fully saturated rings. The van der Waals surface area contributed by atoms with E-state index in [-0.39, 0.29) is 0 Å². The number of nitrogens with zero attached hydrogens (tertiary/aromatic N) is 1. The van der Waals surface area contributed by atoms with Crippen molar-refractivity contribution in [2.75, 3.05) is 0 Å². The maximum Gasteiger partial charge on any atom is 0.0623 e. The number of rotatable bonds is 0. The molecule has 0 N–H and O–H groups in total. The van der Waals surface area contributed by atoms with Crippen LogP contribution in [0.1, 0.15) is 22.6 Å². The molecular weight excluding hydrogens is 386 g/mol. The smallest absolute Gasteiger partial charge is 0.0623 e. The van der Waals surface area contributed by atoms with Crippen LogP contribution < -0.4 is 0 Å². The summed E-state index contributed by atoms with van der Waals surface area (Å²) in [5.41, 5.74) is 14.1. The molecule has 1 nitrogen and oxygen atoms in total. The van der Waals surface area contributed by atoms with Crippen LogP contribution in [0.15, 0.2) is 97.1 Å². The third kappa shape index (κ3) is 1.52. The summed E-state index contributed by atoms with van der Waals surface area (Å²) < 4.78 is 2.54. The summed E-state index contributed by atoms with van der Waals surface area (Å²) in [5, 5.41) is 5.41. The Morgan fingerprint density at radius 1 is 0.469 bits per heavy atom. The fourth-order valence-corrected chi connectivity index (χ4v) is 6.85. The Morgan fingerprint density at radius 2 is 1.16 bits per heavy atom. The van der Waals surface area contributed by atoms with Gasteiger partial charge in [-0.15, -0.1) is 0 Å². The van der Waals surface area contributed by atoms with Crippen molar-refractivity contribution in [2.24, 2.45) is 0 Å². The SMILES string of the molecule is c1ccc2c(c1)-c1cccc3c1C2c1ccc2c4cccc5c6ccccc6n(c2c1-3)c54. The fourth-order valence-electron chi connectivity index (χ4n) is 6.85. The molecule has 2 heterocycles. The van der Waals surface area contributed by atoms with Crippen LogP contribution in [-0.4, -0.2) is 4.40 Å². The van der Waals surface area contributed by atoms with Crippen molar-refractivity contribution in [3.05, 3.63) is 114 Å². The van der Waals surface area contributed by atoms with Crippen LogP contribution in [0.2, 0.25) is 0 Å². The van der Waals surface area contributed by atoms with E-state index in [1.807, 2.05) is 0 Å². The molecule has 0 saturated carbocycles. The van der Waals surface area contributed by atoms with Gasteiger partial charge in [0.05, 0.1) is 16.6 Å². The third-order valence-corrected chi connectivity index (χ3v) is 7.96. The Morgan fingerprint density at radius 3 is 2.12 bits per heavy atom. The average Bonchev–Trinajstić information content (AvgIpc) is 3.56. The van der Waals surface area contributed by atoms with Gasteiger partial charge in [-0.2, -0.15) is 0 Å². The van der Waals surface area contributed by atoms with Crippen LogP contribution in [0.3, 0.4) is 0 Å². The summed E-state index contributed by atoms with van der Waals surface area (Å²) in [6, 6.07) is 36.3. The first-order valence-corrected chi connectivity index (χ1v) is 11.3. The van der Waals surface area contributed by atoms with E-state index in [4.69, 9.17) is 0 Å². The summed E-state index contributed by atoms with van der Waals surface area (Å²) >= 11 is 0. The van der Waals surface area contributed by atoms with E-state index < -0.39 is 0 Å². The maximum atomic E-state index is 2.54.